The molecule has 0 saturated heterocycles. The maximum absolute atomic E-state index is 12.9. The Balaban J connectivity index is 4.41. The fourth-order valence-corrected chi connectivity index (χ4v) is 8.44. The van der Waals surface area contributed by atoms with Crippen molar-refractivity contribution < 1.29 is 28.6 Å². The summed E-state index contributed by atoms with van der Waals surface area (Å²) in [7, 11) is 0. The Morgan fingerprint density at radius 3 is 0.863 bits per heavy atom. The second-order valence-electron chi connectivity index (χ2n) is 20.2. The van der Waals surface area contributed by atoms with Crippen LogP contribution >= 0.6 is 0 Å². The van der Waals surface area contributed by atoms with Crippen LogP contribution in [0.4, 0.5) is 0 Å². The lowest BCUT2D eigenvalue weighted by molar-refractivity contribution is -0.167. The molecule has 0 amide bonds. The number of carbonyl (C=O) groups is 3. The first-order valence-corrected chi connectivity index (χ1v) is 30.7. The van der Waals surface area contributed by atoms with Gasteiger partial charge in [0.15, 0.2) is 6.10 Å². The van der Waals surface area contributed by atoms with Crippen molar-refractivity contribution in [2.45, 2.75) is 297 Å². The molecule has 6 nitrogen and oxygen atoms in total. The van der Waals surface area contributed by atoms with E-state index >= 15 is 0 Å². The second-order valence-corrected chi connectivity index (χ2v) is 20.2. The zero-order valence-electron chi connectivity index (χ0n) is 47.9. The summed E-state index contributed by atoms with van der Waals surface area (Å²) >= 11 is 0. The van der Waals surface area contributed by atoms with Crippen molar-refractivity contribution in [3.05, 3.63) is 97.2 Å². The van der Waals surface area contributed by atoms with Crippen LogP contribution in [0.1, 0.15) is 290 Å². The van der Waals surface area contributed by atoms with Gasteiger partial charge >= 0.3 is 17.9 Å². The Bertz CT molecular complexity index is 1440. The normalized spacial score (nSPS) is 12.8. The van der Waals surface area contributed by atoms with Gasteiger partial charge in [-0.15, -0.1) is 0 Å². The molecule has 0 aliphatic heterocycles. The van der Waals surface area contributed by atoms with Crippen LogP contribution in [0, 0.1) is 0 Å². The molecule has 0 aromatic rings. The van der Waals surface area contributed by atoms with Crippen molar-refractivity contribution in [2.75, 3.05) is 13.2 Å². The second kappa shape index (κ2) is 60.9. The Hall–Kier alpha value is -3.67. The molecule has 0 spiro atoms. The lowest BCUT2D eigenvalue weighted by Gasteiger charge is -2.18. The molecule has 0 aromatic carbocycles. The monoisotopic (exact) mass is 1010 g/mol. The van der Waals surface area contributed by atoms with Crippen molar-refractivity contribution >= 4 is 17.9 Å². The fourth-order valence-electron chi connectivity index (χ4n) is 8.44. The van der Waals surface area contributed by atoms with E-state index in [9.17, 15) is 14.4 Å². The van der Waals surface area contributed by atoms with Crippen molar-refractivity contribution in [3.63, 3.8) is 0 Å². The summed E-state index contributed by atoms with van der Waals surface area (Å²) in [6.45, 7) is 6.49. The largest absolute Gasteiger partial charge is 0.462 e. The summed E-state index contributed by atoms with van der Waals surface area (Å²) in [6, 6.07) is 0. The van der Waals surface area contributed by atoms with Gasteiger partial charge in [-0.2, -0.15) is 0 Å². The third-order valence-corrected chi connectivity index (χ3v) is 13.0. The molecular formula is C67H114O6. The van der Waals surface area contributed by atoms with Crippen molar-refractivity contribution in [2.24, 2.45) is 0 Å². The van der Waals surface area contributed by atoms with E-state index in [4.69, 9.17) is 14.2 Å². The van der Waals surface area contributed by atoms with Crippen LogP contribution in [0.15, 0.2) is 97.2 Å². The molecule has 0 radical (unpaired) electrons. The standard InChI is InChI=1S/C67H114O6/c1-4-7-10-13-16-19-22-25-27-29-31-33-35-37-39-42-45-48-51-54-57-60-66(69)72-63-64(62-71-65(68)59-56-53-50-47-44-41-24-21-18-15-12-9-6-3)73-67(70)61-58-55-52-49-46-43-40-38-36-34-32-30-28-26-23-20-17-14-11-8-5-2/h7,10,16,19,21,23-27,30-33,37,39,64H,4-6,8-9,11-15,17-18,20,22,28-29,34-36,38,40-63H2,1-3H3/b10-7-,19-16-,24-21-,26-23-,27-25-,32-30-,33-31-,39-37-. The molecule has 1 atom stereocenters. The fraction of sp³-hybridized carbons (Fsp3) is 0.716. The third-order valence-electron chi connectivity index (χ3n) is 13.0. The predicted molar refractivity (Wildman–Crippen MR) is 316 cm³/mol. The topological polar surface area (TPSA) is 78.9 Å². The highest BCUT2D eigenvalue weighted by atomic mass is 16.6. The molecule has 0 bridgehead atoms. The summed E-state index contributed by atoms with van der Waals surface area (Å²) in [5.74, 6) is -0.915. The molecule has 0 aliphatic rings. The van der Waals surface area contributed by atoms with Crippen LogP contribution in [0.3, 0.4) is 0 Å². The van der Waals surface area contributed by atoms with E-state index in [-0.39, 0.29) is 31.1 Å². The van der Waals surface area contributed by atoms with Gasteiger partial charge < -0.3 is 14.2 Å². The molecule has 0 rings (SSSR count). The summed E-state index contributed by atoms with van der Waals surface area (Å²) in [6.07, 6.45) is 81.1. The van der Waals surface area contributed by atoms with Gasteiger partial charge in [0, 0.05) is 19.3 Å². The molecule has 418 valence electrons. The van der Waals surface area contributed by atoms with E-state index in [1.54, 1.807) is 0 Å². The first-order chi connectivity index (χ1) is 36.0. The van der Waals surface area contributed by atoms with E-state index in [2.05, 4.69) is 118 Å². The summed E-state index contributed by atoms with van der Waals surface area (Å²) < 4.78 is 16.9. The maximum atomic E-state index is 12.9. The molecular weight excluding hydrogens is 901 g/mol. The van der Waals surface area contributed by atoms with Crippen LogP contribution in [0.25, 0.3) is 0 Å². The number of allylic oxidation sites excluding steroid dienone is 16. The van der Waals surface area contributed by atoms with Gasteiger partial charge in [0.1, 0.15) is 13.2 Å². The average molecular weight is 1020 g/mol. The van der Waals surface area contributed by atoms with E-state index in [1.165, 1.54) is 128 Å². The van der Waals surface area contributed by atoms with Gasteiger partial charge in [-0.25, -0.2) is 0 Å². The average Bonchev–Trinajstić information content (AvgIpc) is 3.39. The highest BCUT2D eigenvalue weighted by molar-refractivity contribution is 5.71. The van der Waals surface area contributed by atoms with E-state index in [0.717, 1.165) is 122 Å². The molecule has 1 unspecified atom stereocenters. The smallest absolute Gasteiger partial charge is 0.306 e. The molecule has 0 aliphatic carbocycles. The van der Waals surface area contributed by atoms with Gasteiger partial charge in [0.05, 0.1) is 0 Å². The van der Waals surface area contributed by atoms with Crippen molar-refractivity contribution in [3.8, 4) is 0 Å². The minimum absolute atomic E-state index is 0.0898. The van der Waals surface area contributed by atoms with Crippen molar-refractivity contribution in [1.29, 1.82) is 0 Å². The van der Waals surface area contributed by atoms with E-state index < -0.39 is 6.10 Å². The number of rotatable bonds is 55. The zero-order valence-corrected chi connectivity index (χ0v) is 47.9. The number of ether oxygens (including phenoxy) is 3. The van der Waals surface area contributed by atoms with E-state index in [0.29, 0.717) is 19.3 Å². The van der Waals surface area contributed by atoms with Crippen LogP contribution in [-0.2, 0) is 28.6 Å². The van der Waals surface area contributed by atoms with Crippen LogP contribution < -0.4 is 0 Å². The lowest BCUT2D eigenvalue weighted by Crippen LogP contribution is -2.30. The third kappa shape index (κ3) is 59.1. The van der Waals surface area contributed by atoms with Gasteiger partial charge in [-0.1, -0.05) is 246 Å². The Morgan fingerprint density at radius 2 is 0.534 bits per heavy atom. The first-order valence-electron chi connectivity index (χ1n) is 30.7. The molecule has 0 aromatic heterocycles. The molecule has 0 fully saturated rings. The summed E-state index contributed by atoms with van der Waals surface area (Å²) in [4.78, 5) is 38.3. The predicted octanol–water partition coefficient (Wildman–Crippen LogP) is 20.9. The molecule has 0 N–H and O–H groups in total. The first kappa shape index (κ1) is 69.3. The van der Waals surface area contributed by atoms with Crippen LogP contribution in [0.5, 0.6) is 0 Å². The Kier molecular flexibility index (Phi) is 57.8. The molecule has 73 heavy (non-hydrogen) atoms. The number of carbonyl (C=O) groups excluding carboxylic acids is 3. The Morgan fingerprint density at radius 1 is 0.288 bits per heavy atom. The number of unbranched alkanes of at least 4 members (excludes halogenated alkanes) is 28. The summed E-state index contributed by atoms with van der Waals surface area (Å²) in [5.41, 5.74) is 0. The maximum Gasteiger partial charge on any atom is 0.306 e. The zero-order chi connectivity index (χ0) is 52.9. The molecule has 0 heterocycles. The van der Waals surface area contributed by atoms with Gasteiger partial charge in [0.2, 0.25) is 0 Å². The summed E-state index contributed by atoms with van der Waals surface area (Å²) in [5, 5.41) is 0. The molecule has 6 heteroatoms. The molecule has 0 saturated carbocycles. The highest BCUT2D eigenvalue weighted by Crippen LogP contribution is 2.15. The number of hydrogen-bond donors (Lipinski definition) is 0. The number of hydrogen-bond acceptors (Lipinski definition) is 6. The Labute approximate surface area is 451 Å². The SMILES string of the molecule is CC/C=C\C/C=C\C/C=C\C/C=C\C/C=C\CCCCCCCC(=O)OCC(COC(=O)CCCCCCC/C=C\CCCCCC)OC(=O)CCCCCCCCCCC/C=C\C/C=C\CCCCCCC. The highest BCUT2D eigenvalue weighted by Gasteiger charge is 2.19. The minimum Gasteiger partial charge on any atom is -0.462 e. The van der Waals surface area contributed by atoms with Gasteiger partial charge in [-0.05, 0) is 122 Å². The van der Waals surface area contributed by atoms with Crippen LogP contribution in [0.2, 0.25) is 0 Å². The van der Waals surface area contributed by atoms with E-state index in [1.807, 2.05) is 0 Å². The van der Waals surface area contributed by atoms with Crippen molar-refractivity contribution in [1.82, 2.24) is 0 Å². The van der Waals surface area contributed by atoms with Gasteiger partial charge in [-0.3, -0.25) is 14.4 Å². The quantitative estimate of drug-likeness (QED) is 0.0261. The minimum atomic E-state index is -0.793. The van der Waals surface area contributed by atoms with Crippen LogP contribution in [-0.4, -0.2) is 37.2 Å². The lowest BCUT2D eigenvalue weighted by atomic mass is 10.1. The van der Waals surface area contributed by atoms with Gasteiger partial charge in [0.25, 0.3) is 0 Å². The number of esters is 3.